The number of hydrogen-bond donors (Lipinski definition) is 0. The molecule has 3 heterocycles. The zero-order chi connectivity index (χ0) is 22.2. The monoisotopic (exact) mass is 429 g/mol. The number of aryl methyl sites for hydroxylation is 1. The lowest BCUT2D eigenvalue weighted by atomic mass is 9.99. The molecule has 0 aliphatic carbocycles. The molecule has 0 bridgehead atoms. The number of nitrogens with zero attached hydrogens (tertiary/aromatic N) is 5. The number of imidazole rings is 1. The van der Waals surface area contributed by atoms with Gasteiger partial charge in [0, 0.05) is 37.6 Å². The topological polar surface area (TPSA) is 57.7 Å². The van der Waals surface area contributed by atoms with Gasteiger partial charge in [0.05, 0.1) is 22.3 Å². The van der Waals surface area contributed by atoms with Crippen molar-refractivity contribution in [3.05, 3.63) is 66.0 Å². The quantitative estimate of drug-likeness (QED) is 0.428. The van der Waals surface area contributed by atoms with Crippen LogP contribution in [0.25, 0.3) is 33.5 Å². The van der Waals surface area contributed by atoms with E-state index in [1.807, 2.05) is 23.6 Å². The average molecular weight is 429 g/mol. The van der Waals surface area contributed by atoms with E-state index in [0.29, 0.717) is 23.4 Å². The van der Waals surface area contributed by atoms with Crippen molar-refractivity contribution in [2.24, 2.45) is 0 Å². The van der Waals surface area contributed by atoms with E-state index in [1.165, 1.54) is 12.1 Å². The maximum absolute atomic E-state index is 14.5. The predicted octanol–water partition coefficient (Wildman–Crippen LogP) is 5.54. The normalized spacial score (nSPS) is 13.6. The number of fused-ring (bicyclic) bond motifs is 1. The van der Waals surface area contributed by atoms with Crippen molar-refractivity contribution >= 4 is 16.7 Å². The molecule has 0 atom stereocenters. The van der Waals surface area contributed by atoms with Crippen LogP contribution in [0.1, 0.15) is 25.3 Å². The Balaban J connectivity index is 1.80. The highest BCUT2D eigenvalue weighted by molar-refractivity contribution is 5.91. The Hall–Kier alpha value is -3.79. The molecule has 2 aromatic heterocycles. The molecule has 1 fully saturated rings. The smallest absolute Gasteiger partial charge is 0.151 e. The van der Waals surface area contributed by atoms with Crippen molar-refractivity contribution in [2.45, 2.75) is 26.3 Å². The van der Waals surface area contributed by atoms with Gasteiger partial charge in [-0.2, -0.15) is 5.26 Å². The molecule has 7 heteroatoms. The third-order valence-corrected chi connectivity index (χ3v) is 6.02. The van der Waals surface area contributed by atoms with E-state index in [0.717, 1.165) is 48.3 Å². The molecule has 5 nitrogen and oxygen atoms in total. The van der Waals surface area contributed by atoms with Crippen molar-refractivity contribution in [2.75, 3.05) is 18.0 Å². The van der Waals surface area contributed by atoms with Crippen LogP contribution in [0, 0.1) is 23.0 Å². The van der Waals surface area contributed by atoms with Gasteiger partial charge in [0.15, 0.2) is 5.82 Å². The van der Waals surface area contributed by atoms with Crippen LogP contribution in [0.15, 0.2) is 48.8 Å². The van der Waals surface area contributed by atoms with Gasteiger partial charge in [-0.3, -0.25) is 4.98 Å². The van der Waals surface area contributed by atoms with Crippen molar-refractivity contribution in [1.82, 2.24) is 14.5 Å². The summed E-state index contributed by atoms with van der Waals surface area (Å²) in [4.78, 5) is 11.4. The average Bonchev–Trinajstić information content (AvgIpc) is 3.47. The molecule has 0 spiro atoms. The van der Waals surface area contributed by atoms with Gasteiger partial charge < -0.3 is 9.47 Å². The minimum atomic E-state index is -0.550. The second-order valence-corrected chi connectivity index (χ2v) is 7.87. The van der Waals surface area contributed by atoms with Crippen LogP contribution in [0.2, 0.25) is 0 Å². The number of rotatable bonds is 4. The molecule has 1 saturated heterocycles. The highest BCUT2D eigenvalue weighted by atomic mass is 19.1. The fourth-order valence-electron chi connectivity index (χ4n) is 4.53. The molecule has 4 aromatic rings. The number of halogens is 2. The van der Waals surface area contributed by atoms with Crippen LogP contribution in [0.3, 0.4) is 0 Å². The maximum Gasteiger partial charge on any atom is 0.151 e. The fraction of sp³-hybridized carbons (Fsp3) is 0.240. The number of para-hydroxylation sites is 1. The second kappa shape index (κ2) is 8.04. The Kier molecular flexibility index (Phi) is 5.06. The molecule has 2 aromatic carbocycles. The van der Waals surface area contributed by atoms with E-state index in [-0.39, 0.29) is 11.4 Å². The predicted molar refractivity (Wildman–Crippen MR) is 120 cm³/mol. The van der Waals surface area contributed by atoms with E-state index in [9.17, 15) is 14.0 Å². The van der Waals surface area contributed by atoms with Gasteiger partial charge in [-0.25, -0.2) is 13.8 Å². The van der Waals surface area contributed by atoms with Crippen LogP contribution >= 0.6 is 0 Å². The van der Waals surface area contributed by atoms with Gasteiger partial charge in [0.1, 0.15) is 23.2 Å². The van der Waals surface area contributed by atoms with Gasteiger partial charge >= 0.3 is 0 Å². The van der Waals surface area contributed by atoms with Gasteiger partial charge in [-0.1, -0.05) is 12.1 Å². The molecule has 160 valence electrons. The van der Waals surface area contributed by atoms with Crippen LogP contribution in [-0.4, -0.2) is 27.6 Å². The summed E-state index contributed by atoms with van der Waals surface area (Å²) in [7, 11) is 0. The Morgan fingerprint density at radius 2 is 1.81 bits per heavy atom. The molecule has 32 heavy (non-hydrogen) atoms. The van der Waals surface area contributed by atoms with Crippen LogP contribution < -0.4 is 4.90 Å². The first-order valence-electron chi connectivity index (χ1n) is 10.7. The third kappa shape index (κ3) is 3.19. The van der Waals surface area contributed by atoms with Crippen LogP contribution in [0.5, 0.6) is 0 Å². The zero-order valence-corrected chi connectivity index (χ0v) is 17.6. The minimum Gasteiger partial charge on any atom is -0.370 e. The number of pyridine rings is 1. The summed E-state index contributed by atoms with van der Waals surface area (Å²) < 4.78 is 30.5. The number of anilines is 1. The summed E-state index contributed by atoms with van der Waals surface area (Å²) in [6.07, 6.45) is 5.63. The van der Waals surface area contributed by atoms with E-state index < -0.39 is 5.82 Å². The SMILES string of the molecule is CCn1c(-c2cncc(-c3ccc(F)c(C#N)c3)c2N2CCCC2)nc2c(F)cccc21. The first-order valence-corrected chi connectivity index (χ1v) is 10.7. The first-order chi connectivity index (χ1) is 15.6. The minimum absolute atomic E-state index is 0.0110. The molecule has 0 saturated carbocycles. The van der Waals surface area contributed by atoms with Crippen LogP contribution in [0.4, 0.5) is 14.5 Å². The molecule has 0 amide bonds. The van der Waals surface area contributed by atoms with E-state index in [2.05, 4.69) is 14.9 Å². The number of nitriles is 1. The van der Waals surface area contributed by atoms with Gasteiger partial charge in [0.25, 0.3) is 0 Å². The zero-order valence-electron chi connectivity index (χ0n) is 17.6. The van der Waals surface area contributed by atoms with Crippen molar-refractivity contribution in [1.29, 1.82) is 5.26 Å². The lowest BCUT2D eigenvalue weighted by Crippen LogP contribution is -2.20. The van der Waals surface area contributed by atoms with Crippen molar-refractivity contribution < 1.29 is 8.78 Å². The Labute approximate surface area is 184 Å². The molecular formula is C25H21F2N5. The lowest BCUT2D eigenvalue weighted by Gasteiger charge is -2.25. The molecular weight excluding hydrogens is 408 g/mol. The molecule has 0 N–H and O–H groups in total. The fourth-order valence-corrected chi connectivity index (χ4v) is 4.53. The summed E-state index contributed by atoms with van der Waals surface area (Å²) in [5, 5.41) is 9.31. The van der Waals surface area contributed by atoms with Gasteiger partial charge in [-0.15, -0.1) is 0 Å². The van der Waals surface area contributed by atoms with Crippen LogP contribution in [-0.2, 0) is 6.54 Å². The lowest BCUT2D eigenvalue weighted by molar-refractivity contribution is 0.624. The highest BCUT2D eigenvalue weighted by Crippen LogP contribution is 2.41. The van der Waals surface area contributed by atoms with E-state index in [4.69, 9.17) is 0 Å². The Morgan fingerprint density at radius 1 is 1.03 bits per heavy atom. The van der Waals surface area contributed by atoms with E-state index >= 15 is 0 Å². The van der Waals surface area contributed by atoms with Gasteiger partial charge in [-0.05, 0) is 49.6 Å². The number of hydrogen-bond acceptors (Lipinski definition) is 4. The van der Waals surface area contributed by atoms with Crippen molar-refractivity contribution in [3.8, 4) is 28.6 Å². The molecule has 0 unspecified atom stereocenters. The largest absolute Gasteiger partial charge is 0.370 e. The second-order valence-electron chi connectivity index (χ2n) is 7.87. The Morgan fingerprint density at radius 3 is 2.56 bits per heavy atom. The van der Waals surface area contributed by atoms with E-state index in [1.54, 1.807) is 30.6 Å². The molecule has 1 aliphatic heterocycles. The summed E-state index contributed by atoms with van der Waals surface area (Å²) in [5.41, 5.74) is 4.29. The summed E-state index contributed by atoms with van der Waals surface area (Å²) in [6.45, 7) is 4.36. The molecule has 5 rings (SSSR count). The first kappa shape index (κ1) is 20.1. The number of benzene rings is 2. The molecule has 0 radical (unpaired) electrons. The summed E-state index contributed by atoms with van der Waals surface area (Å²) in [5.74, 6) is -0.266. The summed E-state index contributed by atoms with van der Waals surface area (Å²) in [6, 6.07) is 11.4. The van der Waals surface area contributed by atoms with Crippen molar-refractivity contribution in [3.63, 3.8) is 0 Å². The number of aromatic nitrogens is 3. The standard InChI is InChI=1S/C25H21F2N5/c1-2-32-22-7-5-6-21(27)23(22)30-25(32)19-15-29-14-18(24(19)31-10-3-4-11-31)16-8-9-20(26)17(12-16)13-28/h5-9,12,14-15H,2-4,10-11H2,1H3. The van der Waals surface area contributed by atoms with Gasteiger partial charge in [0.2, 0.25) is 0 Å². The summed E-state index contributed by atoms with van der Waals surface area (Å²) >= 11 is 0. The Bertz CT molecular complexity index is 1360. The maximum atomic E-state index is 14.5. The third-order valence-electron chi connectivity index (χ3n) is 6.02. The molecule has 1 aliphatic rings. The highest BCUT2D eigenvalue weighted by Gasteiger charge is 2.25.